The molecule has 98 valence electrons. The second kappa shape index (κ2) is 4.70. The molecule has 1 N–H and O–H groups in total. The maximum Gasteiger partial charge on any atom is 0.0351 e. The summed E-state index contributed by atoms with van der Waals surface area (Å²) in [6.45, 7) is 4.45. The summed E-state index contributed by atoms with van der Waals surface area (Å²) in [6, 6.07) is 7.51. The molecule has 4 unspecified atom stereocenters. The number of aryl methyl sites for hydroxylation is 2. The largest absolute Gasteiger partial charge is 0.313 e. The van der Waals surface area contributed by atoms with E-state index >= 15 is 0 Å². The standard InChI is InChI=1S/C17H25N/c1-11-4-7-15(12(2)8-11)17(18-3)16-10-13-5-6-14(16)9-13/h4,7-8,13-14,16-18H,5-6,9-10H2,1-3H3. The molecule has 2 aliphatic rings. The molecular weight excluding hydrogens is 218 g/mol. The van der Waals surface area contributed by atoms with Crippen LogP contribution in [0.15, 0.2) is 18.2 Å². The van der Waals surface area contributed by atoms with Crippen LogP contribution in [0.5, 0.6) is 0 Å². The molecule has 0 heterocycles. The van der Waals surface area contributed by atoms with Crippen molar-refractivity contribution in [3.63, 3.8) is 0 Å². The Morgan fingerprint density at radius 3 is 2.56 bits per heavy atom. The zero-order chi connectivity index (χ0) is 12.7. The van der Waals surface area contributed by atoms with Gasteiger partial charge in [-0.15, -0.1) is 0 Å². The summed E-state index contributed by atoms with van der Waals surface area (Å²) in [5.74, 6) is 2.88. The number of fused-ring (bicyclic) bond motifs is 2. The lowest BCUT2D eigenvalue weighted by Gasteiger charge is -2.31. The molecule has 0 saturated heterocycles. The molecule has 1 aromatic rings. The molecule has 1 heteroatoms. The summed E-state index contributed by atoms with van der Waals surface area (Å²) in [4.78, 5) is 0. The van der Waals surface area contributed by atoms with Crippen molar-refractivity contribution in [1.29, 1.82) is 0 Å². The zero-order valence-corrected chi connectivity index (χ0v) is 11.9. The average Bonchev–Trinajstić information content (AvgIpc) is 2.95. The summed E-state index contributed by atoms with van der Waals surface area (Å²) < 4.78 is 0. The van der Waals surface area contributed by atoms with Crippen molar-refractivity contribution in [3.8, 4) is 0 Å². The highest BCUT2D eigenvalue weighted by atomic mass is 14.9. The van der Waals surface area contributed by atoms with Crippen molar-refractivity contribution in [2.75, 3.05) is 7.05 Å². The van der Waals surface area contributed by atoms with E-state index in [-0.39, 0.29) is 0 Å². The molecule has 4 atom stereocenters. The Hall–Kier alpha value is -0.820. The van der Waals surface area contributed by atoms with Crippen LogP contribution >= 0.6 is 0 Å². The molecule has 0 aromatic heterocycles. The van der Waals surface area contributed by atoms with Crippen LogP contribution in [0.25, 0.3) is 0 Å². The first-order valence-corrected chi connectivity index (χ1v) is 7.43. The van der Waals surface area contributed by atoms with Crippen LogP contribution in [-0.4, -0.2) is 7.05 Å². The van der Waals surface area contributed by atoms with Gasteiger partial charge in [-0.3, -0.25) is 0 Å². The van der Waals surface area contributed by atoms with Crippen LogP contribution in [0.4, 0.5) is 0 Å². The molecule has 3 rings (SSSR count). The third-order valence-electron chi connectivity index (χ3n) is 5.29. The minimum absolute atomic E-state index is 0.570. The van der Waals surface area contributed by atoms with Crippen LogP contribution in [0.2, 0.25) is 0 Å². The van der Waals surface area contributed by atoms with Gasteiger partial charge in [0.25, 0.3) is 0 Å². The van der Waals surface area contributed by atoms with Crippen LogP contribution < -0.4 is 5.32 Å². The van der Waals surface area contributed by atoms with Crippen LogP contribution in [-0.2, 0) is 0 Å². The number of nitrogens with one attached hydrogen (secondary N) is 1. The van der Waals surface area contributed by atoms with E-state index in [4.69, 9.17) is 0 Å². The van der Waals surface area contributed by atoms with E-state index in [9.17, 15) is 0 Å². The van der Waals surface area contributed by atoms with Crippen LogP contribution in [0.1, 0.15) is 48.4 Å². The smallest absolute Gasteiger partial charge is 0.0351 e. The minimum atomic E-state index is 0.570. The summed E-state index contributed by atoms with van der Waals surface area (Å²) in [5.41, 5.74) is 4.36. The predicted molar refractivity (Wildman–Crippen MR) is 76.7 cm³/mol. The normalized spacial score (nSPS) is 31.8. The van der Waals surface area contributed by atoms with E-state index in [2.05, 4.69) is 44.4 Å². The van der Waals surface area contributed by atoms with E-state index in [0.717, 1.165) is 17.8 Å². The van der Waals surface area contributed by atoms with E-state index in [1.54, 1.807) is 0 Å². The molecule has 0 radical (unpaired) electrons. The van der Waals surface area contributed by atoms with Crippen molar-refractivity contribution in [2.24, 2.45) is 17.8 Å². The second-order valence-electron chi connectivity index (χ2n) is 6.47. The van der Waals surface area contributed by atoms with Crippen LogP contribution in [0, 0.1) is 31.6 Å². The van der Waals surface area contributed by atoms with Gasteiger partial charge in [-0.1, -0.05) is 30.2 Å². The maximum atomic E-state index is 3.61. The first-order chi connectivity index (χ1) is 8.69. The minimum Gasteiger partial charge on any atom is -0.313 e. The Labute approximate surface area is 111 Å². The first-order valence-electron chi connectivity index (χ1n) is 7.43. The van der Waals surface area contributed by atoms with Crippen molar-refractivity contribution >= 4 is 0 Å². The molecule has 1 nitrogen and oxygen atoms in total. The van der Waals surface area contributed by atoms with Gasteiger partial charge in [-0.25, -0.2) is 0 Å². The van der Waals surface area contributed by atoms with Gasteiger partial charge in [0.2, 0.25) is 0 Å². The van der Waals surface area contributed by atoms with E-state index in [1.165, 1.54) is 42.4 Å². The Morgan fingerprint density at radius 2 is 2.00 bits per heavy atom. The molecule has 2 fully saturated rings. The van der Waals surface area contributed by atoms with Gasteiger partial charge in [-0.2, -0.15) is 0 Å². The number of rotatable bonds is 3. The fourth-order valence-corrected chi connectivity index (χ4v) is 4.48. The lowest BCUT2D eigenvalue weighted by Crippen LogP contribution is -2.29. The lowest BCUT2D eigenvalue weighted by atomic mass is 9.79. The quantitative estimate of drug-likeness (QED) is 0.846. The fraction of sp³-hybridized carbons (Fsp3) is 0.647. The highest BCUT2D eigenvalue weighted by molar-refractivity contribution is 5.33. The van der Waals surface area contributed by atoms with E-state index < -0.39 is 0 Å². The van der Waals surface area contributed by atoms with Gasteiger partial charge < -0.3 is 5.32 Å². The third kappa shape index (κ3) is 1.99. The maximum absolute atomic E-state index is 3.61. The molecule has 1 aromatic carbocycles. The second-order valence-corrected chi connectivity index (χ2v) is 6.47. The molecule has 0 spiro atoms. The first kappa shape index (κ1) is 12.2. The number of hydrogen-bond acceptors (Lipinski definition) is 1. The Morgan fingerprint density at radius 1 is 1.17 bits per heavy atom. The van der Waals surface area contributed by atoms with Gasteiger partial charge in [0.1, 0.15) is 0 Å². The molecule has 0 amide bonds. The van der Waals surface area contributed by atoms with Crippen molar-refractivity contribution in [3.05, 3.63) is 34.9 Å². The zero-order valence-electron chi connectivity index (χ0n) is 11.9. The summed E-state index contributed by atoms with van der Waals surface area (Å²) in [6.07, 6.45) is 5.90. The Kier molecular flexibility index (Phi) is 3.19. The molecule has 2 aliphatic carbocycles. The molecule has 2 bridgehead atoms. The van der Waals surface area contributed by atoms with Crippen molar-refractivity contribution in [2.45, 2.75) is 45.6 Å². The van der Waals surface area contributed by atoms with Crippen LogP contribution in [0.3, 0.4) is 0 Å². The van der Waals surface area contributed by atoms with Gasteiger partial charge in [-0.05, 0) is 69.0 Å². The summed E-state index contributed by atoms with van der Waals surface area (Å²) in [5, 5.41) is 3.61. The van der Waals surface area contributed by atoms with E-state index in [1.807, 2.05) is 0 Å². The number of benzene rings is 1. The third-order valence-corrected chi connectivity index (χ3v) is 5.29. The highest BCUT2D eigenvalue weighted by Gasteiger charge is 2.43. The summed E-state index contributed by atoms with van der Waals surface area (Å²) in [7, 11) is 2.13. The fourth-order valence-electron chi connectivity index (χ4n) is 4.48. The monoisotopic (exact) mass is 243 g/mol. The van der Waals surface area contributed by atoms with Gasteiger partial charge >= 0.3 is 0 Å². The summed E-state index contributed by atoms with van der Waals surface area (Å²) >= 11 is 0. The lowest BCUT2D eigenvalue weighted by molar-refractivity contribution is 0.259. The molecular formula is C17H25N. The molecule has 0 aliphatic heterocycles. The average molecular weight is 243 g/mol. The van der Waals surface area contributed by atoms with Gasteiger partial charge in [0.15, 0.2) is 0 Å². The molecule has 2 saturated carbocycles. The van der Waals surface area contributed by atoms with Crippen molar-refractivity contribution in [1.82, 2.24) is 5.32 Å². The van der Waals surface area contributed by atoms with Gasteiger partial charge in [0.05, 0.1) is 0 Å². The van der Waals surface area contributed by atoms with Gasteiger partial charge in [0, 0.05) is 6.04 Å². The topological polar surface area (TPSA) is 12.0 Å². The predicted octanol–water partition coefficient (Wildman–Crippen LogP) is 4.00. The molecule has 18 heavy (non-hydrogen) atoms. The number of hydrogen-bond donors (Lipinski definition) is 1. The highest BCUT2D eigenvalue weighted by Crippen LogP contribution is 2.52. The Bertz CT molecular complexity index is 437. The van der Waals surface area contributed by atoms with Crippen molar-refractivity contribution < 1.29 is 0 Å². The SMILES string of the molecule is CNC(c1ccc(C)cc1C)C1CC2CCC1C2. The Balaban J connectivity index is 1.88. The van der Waals surface area contributed by atoms with E-state index in [0.29, 0.717) is 6.04 Å².